The van der Waals surface area contributed by atoms with Gasteiger partial charge in [0, 0.05) is 23.8 Å². The quantitative estimate of drug-likeness (QED) is 0.511. The Bertz CT molecular complexity index is 1060. The van der Waals surface area contributed by atoms with E-state index in [1.54, 1.807) is 0 Å². The van der Waals surface area contributed by atoms with Gasteiger partial charge >= 0.3 is 0 Å². The van der Waals surface area contributed by atoms with Gasteiger partial charge in [0.25, 0.3) is 0 Å². The molecule has 0 atom stereocenters. The van der Waals surface area contributed by atoms with Crippen LogP contribution in [0.1, 0.15) is 33.4 Å². The molecule has 3 aromatic rings. The van der Waals surface area contributed by atoms with Crippen LogP contribution in [0.2, 0.25) is 0 Å². The largest absolute Gasteiger partial charge is 0.429 e. The predicted molar refractivity (Wildman–Crippen MR) is 129 cm³/mol. The summed E-state index contributed by atoms with van der Waals surface area (Å²) in [6.45, 7) is 14.5. The summed E-state index contributed by atoms with van der Waals surface area (Å²) in [5.41, 5.74) is 10.3. The highest BCUT2D eigenvalue weighted by Crippen LogP contribution is 2.35. The molecule has 0 bridgehead atoms. The van der Waals surface area contributed by atoms with E-state index in [1.165, 1.54) is 49.9 Å². The Hall–Kier alpha value is -2.78. The van der Waals surface area contributed by atoms with Gasteiger partial charge in [0.05, 0.1) is 0 Å². The van der Waals surface area contributed by atoms with Gasteiger partial charge in [0.1, 0.15) is 0 Å². The molecule has 2 nitrogen and oxygen atoms in total. The molecule has 0 saturated heterocycles. The topological polar surface area (TPSA) is 6.48 Å². The molecule has 0 amide bonds. The number of nitrogens with zero attached hydrogens (tertiary/aromatic N) is 2. The number of aryl methyl sites for hydroxylation is 5. The third-order valence-electron chi connectivity index (χ3n) is 5.48. The lowest BCUT2D eigenvalue weighted by molar-refractivity contribution is 1.07. The van der Waals surface area contributed by atoms with Gasteiger partial charge in [-0.05, 0) is 51.3 Å². The Kier molecular flexibility index (Phi) is 5.82. The second kappa shape index (κ2) is 8.53. The lowest BCUT2D eigenvalue weighted by atomic mass is 10.0. The summed E-state index contributed by atoms with van der Waals surface area (Å²) in [6.07, 6.45) is 4.25. The molecule has 0 aliphatic carbocycles. The van der Waals surface area contributed by atoms with E-state index in [-0.39, 0.29) is 0 Å². The molecule has 3 heteroatoms. The van der Waals surface area contributed by atoms with Crippen molar-refractivity contribution in [1.82, 2.24) is 0 Å². The second-order valence-electron chi connectivity index (χ2n) is 8.19. The third-order valence-corrected chi connectivity index (χ3v) is 6.78. The van der Waals surface area contributed by atoms with Crippen molar-refractivity contribution in [2.45, 2.75) is 40.7 Å². The average Bonchev–Trinajstić information content (AvgIpc) is 3.15. The van der Waals surface area contributed by atoms with Crippen molar-refractivity contribution in [2.75, 3.05) is 9.80 Å². The van der Waals surface area contributed by atoms with Crippen molar-refractivity contribution in [3.63, 3.8) is 0 Å². The predicted octanol–water partition coefficient (Wildman–Crippen LogP) is 5.55. The Labute approximate surface area is 183 Å². The summed E-state index contributed by atoms with van der Waals surface area (Å²) in [4.78, 5) is 4.30. The highest BCUT2D eigenvalue weighted by atomic mass is 28.2. The fraction of sp³-hybridized carbons (Fsp3) is 0.222. The molecule has 0 aromatic heterocycles. The molecular weight excluding hydrogens is 380 g/mol. The molecule has 151 valence electrons. The first kappa shape index (κ1) is 20.5. The molecule has 1 aliphatic rings. The minimum atomic E-state index is 0.756. The molecule has 0 unspecified atom stereocenters. The van der Waals surface area contributed by atoms with E-state index in [0.717, 1.165) is 15.6 Å². The molecule has 1 aliphatic heterocycles. The monoisotopic (exact) mass is 408 g/mol. The fourth-order valence-corrected chi connectivity index (χ4v) is 5.49. The van der Waals surface area contributed by atoms with E-state index < -0.39 is 0 Å². The minimum Gasteiger partial charge on any atom is -0.429 e. The second-order valence-corrected chi connectivity index (χ2v) is 9.48. The van der Waals surface area contributed by atoms with Gasteiger partial charge in [-0.2, -0.15) is 6.04 Å². The van der Waals surface area contributed by atoms with E-state index in [2.05, 4.69) is 118 Å². The molecule has 0 saturated carbocycles. The van der Waals surface area contributed by atoms with Crippen LogP contribution < -0.4 is 15.0 Å². The lowest BCUT2D eigenvalue weighted by Gasteiger charge is -2.28. The van der Waals surface area contributed by atoms with Crippen LogP contribution in [0.4, 0.5) is 11.4 Å². The Morgan fingerprint density at radius 2 is 1.23 bits per heavy atom. The third kappa shape index (κ3) is 4.22. The van der Waals surface area contributed by atoms with E-state index in [0.29, 0.717) is 0 Å². The van der Waals surface area contributed by atoms with Crippen molar-refractivity contribution in [3.05, 3.63) is 107 Å². The van der Waals surface area contributed by atoms with Gasteiger partial charge in [-0.15, -0.1) is 0 Å². The number of benzene rings is 3. The van der Waals surface area contributed by atoms with Crippen LogP contribution in [-0.4, -0.2) is 9.52 Å². The maximum absolute atomic E-state index is 3.58. The smallest absolute Gasteiger partial charge is 0.217 e. The zero-order chi connectivity index (χ0) is 21.3. The van der Waals surface area contributed by atoms with E-state index in [9.17, 15) is 0 Å². The zero-order valence-electron chi connectivity index (χ0n) is 18.5. The van der Waals surface area contributed by atoms with Crippen molar-refractivity contribution >= 4 is 26.1 Å². The molecule has 3 radical (unpaired) electrons. The molecule has 1 heterocycles. The first-order valence-corrected chi connectivity index (χ1v) is 11.6. The SMILES string of the molecule is Cc1cc(C)c(N2[C]N(c3c(C)cc(C)cc3C[Si-]c3ccccc3)C=C2)c(C)c1. The normalized spacial score (nSPS) is 13.2. The maximum Gasteiger partial charge on any atom is 0.217 e. The standard InChI is InChI=1S/C27H28N2Si/c1-19-13-21(3)26(22(4)14-19)28-11-12-29(18-28)27-23(5)15-20(2)16-24(27)17-30-25-9-7-6-8-10-25/h6-16H,17H2,1-5H3/q-1. The van der Waals surface area contributed by atoms with Crippen molar-refractivity contribution in [2.24, 2.45) is 0 Å². The summed E-state index contributed by atoms with van der Waals surface area (Å²) in [7, 11) is 0.756. The summed E-state index contributed by atoms with van der Waals surface area (Å²) in [5, 5.41) is 1.40. The molecule has 3 aromatic carbocycles. The molecular formula is C27H28N2Si-. The van der Waals surface area contributed by atoms with E-state index in [1.807, 2.05) is 0 Å². The fourth-order valence-electron chi connectivity index (χ4n) is 4.40. The molecule has 4 rings (SSSR count). The van der Waals surface area contributed by atoms with Crippen LogP contribution in [0.5, 0.6) is 0 Å². The molecule has 0 fully saturated rings. The van der Waals surface area contributed by atoms with E-state index in [4.69, 9.17) is 0 Å². The molecule has 0 spiro atoms. The van der Waals surface area contributed by atoms with Crippen LogP contribution in [0.15, 0.2) is 67.0 Å². The zero-order valence-corrected chi connectivity index (χ0v) is 19.5. The Balaban J connectivity index is 1.61. The Morgan fingerprint density at radius 3 is 1.87 bits per heavy atom. The summed E-state index contributed by atoms with van der Waals surface area (Å²) < 4.78 is 0. The van der Waals surface area contributed by atoms with Crippen molar-refractivity contribution in [3.8, 4) is 0 Å². The van der Waals surface area contributed by atoms with Gasteiger partial charge in [0.2, 0.25) is 6.67 Å². The van der Waals surface area contributed by atoms with Crippen LogP contribution >= 0.6 is 0 Å². The van der Waals surface area contributed by atoms with Crippen LogP contribution in [0.25, 0.3) is 0 Å². The minimum absolute atomic E-state index is 0.756. The first-order chi connectivity index (χ1) is 14.4. The highest BCUT2D eigenvalue weighted by molar-refractivity contribution is 6.53. The first-order valence-electron chi connectivity index (χ1n) is 10.4. The van der Waals surface area contributed by atoms with Gasteiger partial charge in [-0.25, -0.2) is 5.19 Å². The van der Waals surface area contributed by atoms with E-state index >= 15 is 0 Å². The van der Waals surface area contributed by atoms with Crippen LogP contribution in [-0.2, 0) is 6.04 Å². The van der Waals surface area contributed by atoms with Gasteiger partial charge in [-0.1, -0.05) is 71.3 Å². The lowest BCUT2D eigenvalue weighted by Crippen LogP contribution is -2.23. The Morgan fingerprint density at radius 1 is 0.700 bits per heavy atom. The molecule has 0 N–H and O–H groups in total. The number of anilines is 2. The molecule has 30 heavy (non-hydrogen) atoms. The van der Waals surface area contributed by atoms with Crippen molar-refractivity contribution in [1.29, 1.82) is 0 Å². The maximum atomic E-state index is 3.58. The average molecular weight is 409 g/mol. The number of rotatable bonds is 5. The van der Waals surface area contributed by atoms with Gasteiger partial charge in [-0.3, -0.25) is 0 Å². The summed E-state index contributed by atoms with van der Waals surface area (Å²) >= 11 is 0. The number of hydrogen-bond donors (Lipinski definition) is 0. The van der Waals surface area contributed by atoms with Crippen LogP contribution in [0, 0.1) is 41.3 Å². The van der Waals surface area contributed by atoms with Crippen molar-refractivity contribution < 1.29 is 0 Å². The summed E-state index contributed by atoms with van der Waals surface area (Å²) in [6, 6.07) is 20.9. The number of hydrogen-bond acceptors (Lipinski definition) is 2. The van der Waals surface area contributed by atoms with Gasteiger partial charge in [0.15, 0.2) is 0 Å². The summed E-state index contributed by atoms with van der Waals surface area (Å²) in [5.74, 6) is 0. The van der Waals surface area contributed by atoms with Crippen LogP contribution in [0.3, 0.4) is 0 Å². The van der Waals surface area contributed by atoms with Gasteiger partial charge < -0.3 is 19.3 Å². The highest BCUT2D eigenvalue weighted by Gasteiger charge is 2.23.